The summed E-state index contributed by atoms with van der Waals surface area (Å²) in [6.07, 6.45) is 1.60. The van der Waals surface area contributed by atoms with Crippen molar-refractivity contribution >= 4 is 12.1 Å². The summed E-state index contributed by atoms with van der Waals surface area (Å²) in [4.78, 5) is 21.4. The van der Waals surface area contributed by atoms with Crippen LogP contribution in [0.2, 0.25) is 0 Å². The van der Waals surface area contributed by atoms with Gasteiger partial charge >= 0.3 is 12.1 Å². The second-order valence-electron chi connectivity index (χ2n) is 2.72. The zero-order valence-corrected chi connectivity index (χ0v) is 7.52. The molecule has 1 heterocycles. The molecule has 5 heteroatoms. The lowest BCUT2D eigenvalue weighted by Crippen LogP contribution is -2.35. The molecule has 0 N–H and O–H groups in total. The molecule has 5 nitrogen and oxygen atoms in total. The fourth-order valence-electron chi connectivity index (χ4n) is 0.889. The quantitative estimate of drug-likeness (QED) is 0.380. The van der Waals surface area contributed by atoms with E-state index in [0.717, 1.165) is 6.08 Å². The lowest BCUT2D eigenvalue weighted by atomic mass is 10.1. The van der Waals surface area contributed by atoms with E-state index >= 15 is 0 Å². The van der Waals surface area contributed by atoms with Crippen LogP contribution in [0.1, 0.15) is 0 Å². The van der Waals surface area contributed by atoms with Crippen molar-refractivity contribution in [3.05, 3.63) is 25.3 Å². The lowest BCUT2D eigenvalue weighted by molar-refractivity contribution is -0.142. The third kappa shape index (κ3) is 2.12. The number of hydrogen-bond donors (Lipinski definition) is 0. The molecule has 0 amide bonds. The van der Waals surface area contributed by atoms with Crippen LogP contribution in [0.15, 0.2) is 25.3 Å². The molecule has 0 bridgehead atoms. The van der Waals surface area contributed by atoms with Crippen molar-refractivity contribution in [3.63, 3.8) is 0 Å². The van der Waals surface area contributed by atoms with E-state index in [4.69, 9.17) is 9.47 Å². The van der Waals surface area contributed by atoms with Gasteiger partial charge in [-0.25, -0.2) is 9.59 Å². The van der Waals surface area contributed by atoms with Crippen LogP contribution < -0.4 is 0 Å². The summed E-state index contributed by atoms with van der Waals surface area (Å²) >= 11 is 0. The van der Waals surface area contributed by atoms with E-state index in [9.17, 15) is 9.59 Å². The summed E-state index contributed by atoms with van der Waals surface area (Å²) in [5, 5.41) is 0. The minimum atomic E-state index is -1.06. The Labute approximate surface area is 80.9 Å². The summed E-state index contributed by atoms with van der Waals surface area (Å²) in [6, 6.07) is 0. The smallest absolute Gasteiger partial charge is 0.458 e. The Balaban J connectivity index is 2.54. The number of rotatable bonds is 4. The van der Waals surface area contributed by atoms with Crippen molar-refractivity contribution in [2.24, 2.45) is 0 Å². The molecule has 76 valence electrons. The molecule has 0 aromatic carbocycles. The molecule has 0 aromatic heterocycles. The van der Waals surface area contributed by atoms with Crippen molar-refractivity contribution in [1.29, 1.82) is 0 Å². The maximum atomic E-state index is 10.8. The number of hydrogen-bond acceptors (Lipinski definition) is 5. The Hall–Kier alpha value is -1.78. The SMILES string of the molecule is C=CC(=O)OCC1(C=C)COC(=O)O1. The summed E-state index contributed by atoms with van der Waals surface area (Å²) in [5.74, 6) is -0.589. The van der Waals surface area contributed by atoms with E-state index in [-0.39, 0.29) is 13.2 Å². The van der Waals surface area contributed by atoms with Crippen molar-refractivity contribution in [2.45, 2.75) is 5.60 Å². The molecule has 1 aliphatic heterocycles. The lowest BCUT2D eigenvalue weighted by Gasteiger charge is -2.19. The predicted molar refractivity (Wildman–Crippen MR) is 46.5 cm³/mol. The van der Waals surface area contributed by atoms with Gasteiger partial charge in [-0.1, -0.05) is 13.2 Å². The number of ether oxygens (including phenoxy) is 3. The first-order chi connectivity index (χ1) is 6.62. The Morgan fingerprint density at radius 1 is 1.64 bits per heavy atom. The highest BCUT2D eigenvalue weighted by molar-refractivity contribution is 5.81. The van der Waals surface area contributed by atoms with Crippen LogP contribution >= 0.6 is 0 Å². The second kappa shape index (κ2) is 3.95. The van der Waals surface area contributed by atoms with Crippen LogP contribution in [-0.2, 0) is 19.0 Å². The van der Waals surface area contributed by atoms with Crippen molar-refractivity contribution < 1.29 is 23.8 Å². The summed E-state index contributed by atoms with van der Waals surface area (Å²) in [6.45, 7) is 6.59. The van der Waals surface area contributed by atoms with Crippen LogP contribution in [0.5, 0.6) is 0 Å². The number of cyclic esters (lactones) is 2. The molecule has 0 saturated carbocycles. The van der Waals surface area contributed by atoms with Crippen LogP contribution in [0.25, 0.3) is 0 Å². The molecule has 0 aliphatic carbocycles. The zero-order valence-electron chi connectivity index (χ0n) is 7.52. The van der Waals surface area contributed by atoms with Crippen molar-refractivity contribution in [3.8, 4) is 0 Å². The van der Waals surface area contributed by atoms with Gasteiger partial charge in [0.1, 0.15) is 13.2 Å². The maximum absolute atomic E-state index is 10.8. The minimum Gasteiger partial charge on any atom is -0.458 e. The monoisotopic (exact) mass is 198 g/mol. The fourth-order valence-corrected chi connectivity index (χ4v) is 0.889. The average Bonchev–Trinajstić information content (AvgIpc) is 2.57. The zero-order chi connectivity index (χ0) is 10.6. The van der Waals surface area contributed by atoms with Gasteiger partial charge in [0, 0.05) is 6.08 Å². The Morgan fingerprint density at radius 3 is 2.79 bits per heavy atom. The Morgan fingerprint density at radius 2 is 2.36 bits per heavy atom. The standard InChI is InChI=1S/C9H10O5/c1-3-7(10)12-5-9(4-2)6-13-8(11)14-9/h3-4H,1-2,5-6H2. The van der Waals surface area contributed by atoms with Gasteiger partial charge in [-0.15, -0.1) is 0 Å². The first kappa shape index (κ1) is 10.3. The number of esters is 1. The van der Waals surface area contributed by atoms with E-state index in [1.165, 1.54) is 6.08 Å². The topological polar surface area (TPSA) is 61.8 Å². The normalized spacial score (nSPS) is 24.7. The second-order valence-corrected chi connectivity index (χ2v) is 2.72. The van der Waals surface area contributed by atoms with Crippen LogP contribution in [0.4, 0.5) is 4.79 Å². The Kier molecular flexibility index (Phi) is 2.91. The molecule has 1 atom stereocenters. The van der Waals surface area contributed by atoms with E-state index in [1.807, 2.05) is 0 Å². The third-order valence-corrected chi connectivity index (χ3v) is 1.72. The average molecular weight is 198 g/mol. The molecule has 1 saturated heterocycles. The van der Waals surface area contributed by atoms with Gasteiger partial charge in [0.25, 0.3) is 0 Å². The minimum absolute atomic E-state index is 0.000242. The predicted octanol–water partition coefficient (Wildman–Crippen LogP) is 0.807. The molecule has 0 aromatic rings. The molecule has 0 radical (unpaired) electrons. The van der Waals surface area contributed by atoms with Gasteiger partial charge in [-0.2, -0.15) is 0 Å². The highest BCUT2D eigenvalue weighted by Gasteiger charge is 2.41. The van der Waals surface area contributed by atoms with Crippen LogP contribution in [0.3, 0.4) is 0 Å². The summed E-state index contributed by atoms with van der Waals surface area (Å²) in [5.41, 5.74) is -1.06. The van der Waals surface area contributed by atoms with Crippen molar-refractivity contribution in [2.75, 3.05) is 13.2 Å². The maximum Gasteiger partial charge on any atom is 0.509 e. The third-order valence-electron chi connectivity index (χ3n) is 1.72. The molecular formula is C9H10O5. The molecule has 0 spiro atoms. The highest BCUT2D eigenvalue weighted by atomic mass is 16.8. The first-order valence-electron chi connectivity index (χ1n) is 3.90. The highest BCUT2D eigenvalue weighted by Crippen LogP contribution is 2.21. The van der Waals surface area contributed by atoms with Crippen LogP contribution in [0, 0.1) is 0 Å². The molecule has 1 fully saturated rings. The largest absolute Gasteiger partial charge is 0.509 e. The van der Waals surface area contributed by atoms with Gasteiger partial charge in [0.2, 0.25) is 5.60 Å². The molecule has 1 aliphatic rings. The number of carbonyl (C=O) groups excluding carboxylic acids is 2. The van der Waals surface area contributed by atoms with Gasteiger partial charge in [0.05, 0.1) is 0 Å². The molecular weight excluding hydrogens is 188 g/mol. The van der Waals surface area contributed by atoms with Gasteiger partial charge in [0.15, 0.2) is 0 Å². The van der Waals surface area contributed by atoms with Gasteiger partial charge < -0.3 is 14.2 Å². The molecule has 1 rings (SSSR count). The number of carbonyl (C=O) groups is 2. The van der Waals surface area contributed by atoms with Gasteiger partial charge in [-0.05, 0) is 6.08 Å². The first-order valence-corrected chi connectivity index (χ1v) is 3.90. The fraction of sp³-hybridized carbons (Fsp3) is 0.333. The van der Waals surface area contributed by atoms with E-state index in [2.05, 4.69) is 17.9 Å². The van der Waals surface area contributed by atoms with E-state index < -0.39 is 17.7 Å². The van der Waals surface area contributed by atoms with Crippen LogP contribution in [-0.4, -0.2) is 30.9 Å². The summed E-state index contributed by atoms with van der Waals surface area (Å²) in [7, 11) is 0. The molecule has 1 unspecified atom stereocenters. The summed E-state index contributed by atoms with van der Waals surface area (Å²) < 4.78 is 14.1. The van der Waals surface area contributed by atoms with Gasteiger partial charge in [-0.3, -0.25) is 0 Å². The van der Waals surface area contributed by atoms with E-state index in [0.29, 0.717) is 0 Å². The molecule has 14 heavy (non-hydrogen) atoms. The van der Waals surface area contributed by atoms with Crippen molar-refractivity contribution in [1.82, 2.24) is 0 Å². The Bertz CT molecular complexity index is 283. The van der Waals surface area contributed by atoms with E-state index in [1.54, 1.807) is 0 Å².